The summed E-state index contributed by atoms with van der Waals surface area (Å²) in [6.45, 7) is 7.09. The van der Waals surface area contributed by atoms with Gasteiger partial charge in [0.1, 0.15) is 0 Å². The summed E-state index contributed by atoms with van der Waals surface area (Å²) in [7, 11) is 0. The van der Waals surface area contributed by atoms with E-state index in [-0.39, 0.29) is 11.5 Å². The summed E-state index contributed by atoms with van der Waals surface area (Å²) in [5.74, 6) is 0. The van der Waals surface area contributed by atoms with Crippen LogP contribution in [0.25, 0.3) is 0 Å². The highest BCUT2D eigenvalue weighted by Gasteiger charge is 2.47. The average molecular weight is 222 g/mol. The highest BCUT2D eigenvalue weighted by atomic mass is 16.3. The lowest BCUT2D eigenvalue weighted by Crippen LogP contribution is -2.22. The van der Waals surface area contributed by atoms with Crippen LogP contribution in [0.2, 0.25) is 0 Å². The molecular formula is C13H22N2O. The van der Waals surface area contributed by atoms with Gasteiger partial charge in [-0.3, -0.25) is 4.68 Å². The number of rotatable bonds is 5. The van der Waals surface area contributed by atoms with Crippen molar-refractivity contribution in [1.82, 2.24) is 9.78 Å². The standard InChI is InChI=1S/C13H22N2O/c1-4-11-8-12(15(5-2)14-11)9-13(6-7-13)10(3)16/h8,10,16H,4-7,9H2,1-3H3. The molecule has 1 unspecified atom stereocenters. The minimum atomic E-state index is -0.196. The highest BCUT2D eigenvalue weighted by Crippen LogP contribution is 2.51. The van der Waals surface area contributed by atoms with E-state index in [0.29, 0.717) is 0 Å². The third-order valence-electron chi connectivity index (χ3n) is 3.89. The van der Waals surface area contributed by atoms with Gasteiger partial charge in [0.15, 0.2) is 0 Å². The molecule has 1 aromatic rings. The second kappa shape index (κ2) is 4.21. The van der Waals surface area contributed by atoms with E-state index in [1.54, 1.807) is 0 Å². The lowest BCUT2D eigenvalue weighted by Gasteiger charge is -2.18. The molecule has 3 nitrogen and oxygen atoms in total. The van der Waals surface area contributed by atoms with Gasteiger partial charge in [-0.2, -0.15) is 5.10 Å². The minimum Gasteiger partial charge on any atom is -0.393 e. The summed E-state index contributed by atoms with van der Waals surface area (Å²) >= 11 is 0. The molecule has 1 heterocycles. The van der Waals surface area contributed by atoms with Crippen molar-refractivity contribution in [2.75, 3.05) is 0 Å². The number of nitrogens with zero attached hydrogens (tertiary/aromatic N) is 2. The second-order valence-corrected chi connectivity index (χ2v) is 5.01. The maximum atomic E-state index is 9.80. The molecule has 90 valence electrons. The van der Waals surface area contributed by atoms with Gasteiger partial charge in [-0.1, -0.05) is 6.92 Å². The molecule has 0 radical (unpaired) electrons. The summed E-state index contributed by atoms with van der Waals surface area (Å²) in [6, 6.07) is 2.20. The zero-order valence-electron chi connectivity index (χ0n) is 10.5. The summed E-state index contributed by atoms with van der Waals surface area (Å²) in [5, 5.41) is 14.4. The molecule has 1 aliphatic rings. The fourth-order valence-electron chi connectivity index (χ4n) is 2.37. The SMILES string of the molecule is CCc1cc(CC2(C(C)O)CC2)n(CC)n1. The van der Waals surface area contributed by atoms with E-state index in [2.05, 4.69) is 29.7 Å². The Kier molecular flexibility index (Phi) is 3.06. The van der Waals surface area contributed by atoms with Gasteiger partial charge in [0.05, 0.1) is 11.8 Å². The third kappa shape index (κ3) is 2.01. The Labute approximate surface area is 97.5 Å². The molecule has 1 fully saturated rings. The van der Waals surface area contributed by atoms with Crippen molar-refractivity contribution in [2.24, 2.45) is 5.41 Å². The smallest absolute Gasteiger partial charge is 0.0624 e. The number of aliphatic hydroxyl groups is 1. The van der Waals surface area contributed by atoms with Crippen molar-refractivity contribution in [1.29, 1.82) is 0 Å². The van der Waals surface area contributed by atoms with Crippen LogP contribution in [0.5, 0.6) is 0 Å². The van der Waals surface area contributed by atoms with Crippen molar-refractivity contribution in [3.05, 3.63) is 17.5 Å². The van der Waals surface area contributed by atoms with Crippen LogP contribution in [0.15, 0.2) is 6.07 Å². The first-order valence-corrected chi connectivity index (χ1v) is 6.35. The topological polar surface area (TPSA) is 38.0 Å². The molecule has 1 aliphatic carbocycles. The van der Waals surface area contributed by atoms with Crippen LogP contribution in [0.3, 0.4) is 0 Å². The number of hydrogen-bond acceptors (Lipinski definition) is 2. The van der Waals surface area contributed by atoms with Crippen molar-refractivity contribution in [3.8, 4) is 0 Å². The first-order valence-electron chi connectivity index (χ1n) is 6.35. The minimum absolute atomic E-state index is 0.151. The van der Waals surface area contributed by atoms with Gasteiger partial charge in [0, 0.05) is 17.7 Å². The van der Waals surface area contributed by atoms with Gasteiger partial charge in [0.25, 0.3) is 0 Å². The number of aliphatic hydroxyl groups excluding tert-OH is 1. The van der Waals surface area contributed by atoms with Gasteiger partial charge < -0.3 is 5.11 Å². The summed E-state index contributed by atoms with van der Waals surface area (Å²) in [4.78, 5) is 0. The molecular weight excluding hydrogens is 200 g/mol. The predicted octanol–water partition coefficient (Wildman–Crippen LogP) is 2.17. The molecule has 0 aliphatic heterocycles. The van der Waals surface area contributed by atoms with Crippen LogP contribution in [0.4, 0.5) is 0 Å². The molecule has 1 aromatic heterocycles. The molecule has 1 saturated carbocycles. The Hall–Kier alpha value is -0.830. The zero-order chi connectivity index (χ0) is 11.8. The fraction of sp³-hybridized carbons (Fsp3) is 0.769. The van der Waals surface area contributed by atoms with Gasteiger partial charge in [-0.05, 0) is 45.6 Å². The Morgan fingerprint density at radius 1 is 1.50 bits per heavy atom. The second-order valence-electron chi connectivity index (χ2n) is 5.01. The van der Waals surface area contributed by atoms with Crippen molar-refractivity contribution in [2.45, 2.75) is 59.1 Å². The van der Waals surface area contributed by atoms with E-state index < -0.39 is 0 Å². The Morgan fingerprint density at radius 3 is 2.62 bits per heavy atom. The molecule has 0 saturated heterocycles. The number of aromatic nitrogens is 2. The monoisotopic (exact) mass is 222 g/mol. The molecule has 0 aromatic carbocycles. The Balaban J connectivity index is 2.17. The van der Waals surface area contributed by atoms with Crippen LogP contribution in [0.1, 0.15) is 45.0 Å². The maximum Gasteiger partial charge on any atom is 0.0624 e. The molecule has 0 amide bonds. The highest BCUT2D eigenvalue weighted by molar-refractivity contribution is 5.16. The fourth-order valence-corrected chi connectivity index (χ4v) is 2.37. The first kappa shape index (κ1) is 11.6. The molecule has 2 rings (SSSR count). The Bertz CT molecular complexity index is 364. The van der Waals surface area contributed by atoms with Crippen LogP contribution >= 0.6 is 0 Å². The van der Waals surface area contributed by atoms with Crippen molar-refractivity contribution >= 4 is 0 Å². The van der Waals surface area contributed by atoms with Crippen LogP contribution in [-0.2, 0) is 19.4 Å². The quantitative estimate of drug-likeness (QED) is 0.829. The summed E-state index contributed by atoms with van der Waals surface area (Å²) in [6.07, 6.45) is 4.08. The van der Waals surface area contributed by atoms with E-state index >= 15 is 0 Å². The van der Waals surface area contributed by atoms with Gasteiger partial charge in [-0.25, -0.2) is 0 Å². The van der Waals surface area contributed by atoms with E-state index in [1.165, 1.54) is 11.4 Å². The lowest BCUT2D eigenvalue weighted by molar-refractivity contribution is 0.109. The molecule has 3 heteroatoms. The predicted molar refractivity (Wildman–Crippen MR) is 64.3 cm³/mol. The lowest BCUT2D eigenvalue weighted by atomic mass is 9.94. The van der Waals surface area contributed by atoms with Gasteiger partial charge in [-0.15, -0.1) is 0 Å². The molecule has 0 spiro atoms. The van der Waals surface area contributed by atoms with Crippen molar-refractivity contribution in [3.63, 3.8) is 0 Å². The first-order chi connectivity index (χ1) is 7.61. The Morgan fingerprint density at radius 2 is 2.19 bits per heavy atom. The van der Waals surface area contributed by atoms with E-state index in [0.717, 1.165) is 32.2 Å². The van der Waals surface area contributed by atoms with E-state index in [4.69, 9.17) is 0 Å². The molecule has 1 atom stereocenters. The van der Waals surface area contributed by atoms with E-state index in [9.17, 15) is 5.11 Å². The average Bonchev–Trinajstić information content (AvgIpc) is 2.93. The van der Waals surface area contributed by atoms with Crippen molar-refractivity contribution < 1.29 is 5.11 Å². The summed E-state index contributed by atoms with van der Waals surface area (Å²) < 4.78 is 2.08. The molecule has 16 heavy (non-hydrogen) atoms. The zero-order valence-corrected chi connectivity index (χ0v) is 10.5. The molecule has 1 N–H and O–H groups in total. The van der Waals surface area contributed by atoms with Crippen LogP contribution < -0.4 is 0 Å². The van der Waals surface area contributed by atoms with E-state index in [1.807, 2.05) is 6.92 Å². The number of hydrogen-bond donors (Lipinski definition) is 1. The van der Waals surface area contributed by atoms with Crippen LogP contribution in [0, 0.1) is 5.41 Å². The number of aryl methyl sites for hydroxylation is 2. The van der Waals surface area contributed by atoms with Gasteiger partial charge >= 0.3 is 0 Å². The third-order valence-corrected chi connectivity index (χ3v) is 3.89. The van der Waals surface area contributed by atoms with Gasteiger partial charge in [0.2, 0.25) is 0 Å². The maximum absolute atomic E-state index is 9.80. The van der Waals surface area contributed by atoms with Crippen LogP contribution in [-0.4, -0.2) is 21.0 Å². The largest absolute Gasteiger partial charge is 0.393 e. The molecule has 0 bridgehead atoms. The normalized spacial score (nSPS) is 19.8. The summed E-state index contributed by atoms with van der Waals surface area (Å²) in [5.41, 5.74) is 2.61.